The number of aromatic nitrogens is 3. The minimum absolute atomic E-state index is 0.0745. The predicted molar refractivity (Wildman–Crippen MR) is 102 cm³/mol. The van der Waals surface area contributed by atoms with Crippen LogP contribution >= 0.6 is 0 Å². The fraction of sp³-hybridized carbons (Fsp3) is 0.250. The van der Waals surface area contributed by atoms with Crippen molar-refractivity contribution in [3.8, 4) is 0 Å². The molecule has 1 atom stereocenters. The Hall–Kier alpha value is -2.99. The molecule has 1 aliphatic heterocycles. The molecular weight excluding hydrogens is 326 g/mol. The van der Waals surface area contributed by atoms with Gasteiger partial charge in [0.2, 0.25) is 0 Å². The van der Waals surface area contributed by atoms with Crippen molar-refractivity contribution >= 4 is 23.2 Å². The Kier molecular flexibility index (Phi) is 4.50. The number of hydrogen-bond acceptors (Lipinski definition) is 5. The van der Waals surface area contributed by atoms with Gasteiger partial charge in [-0.3, -0.25) is 4.99 Å². The summed E-state index contributed by atoms with van der Waals surface area (Å²) in [5.74, 6) is 0. The molecule has 6 heteroatoms. The number of fused-ring (bicyclic) bond motifs is 1. The molecular formula is C20H21N5O. The van der Waals surface area contributed by atoms with Crippen LogP contribution in [-0.2, 0) is 4.74 Å². The van der Waals surface area contributed by atoms with E-state index in [1.54, 1.807) is 12.3 Å². The third kappa shape index (κ3) is 3.36. The molecule has 1 fully saturated rings. The number of nitrogens with two attached hydrogens (primary N) is 1. The van der Waals surface area contributed by atoms with Crippen LogP contribution in [0.2, 0.25) is 0 Å². The zero-order valence-electron chi connectivity index (χ0n) is 14.7. The Balaban J connectivity index is 1.61. The van der Waals surface area contributed by atoms with Gasteiger partial charge in [-0.2, -0.15) is 5.10 Å². The number of nitrogens with zero attached hydrogens (tertiary/aromatic N) is 4. The monoisotopic (exact) mass is 347 g/mol. The van der Waals surface area contributed by atoms with Crippen LogP contribution in [-0.4, -0.2) is 27.4 Å². The second-order valence-corrected chi connectivity index (χ2v) is 6.36. The van der Waals surface area contributed by atoms with Crippen molar-refractivity contribution in [1.82, 2.24) is 14.6 Å². The summed E-state index contributed by atoms with van der Waals surface area (Å²) in [6.07, 6.45) is 5.62. The molecule has 0 spiro atoms. The average molecular weight is 347 g/mol. The lowest BCUT2D eigenvalue weighted by Gasteiger charge is -2.04. The highest BCUT2D eigenvalue weighted by Gasteiger charge is 2.21. The van der Waals surface area contributed by atoms with Crippen LogP contribution in [0.3, 0.4) is 0 Å². The molecule has 1 aromatic carbocycles. The normalized spacial score (nSPS) is 18.2. The van der Waals surface area contributed by atoms with Crippen LogP contribution in [0, 0.1) is 6.92 Å². The second-order valence-electron chi connectivity index (χ2n) is 6.36. The number of benzene rings is 1. The van der Waals surface area contributed by atoms with E-state index in [1.807, 2.05) is 53.9 Å². The lowest BCUT2D eigenvalue weighted by molar-refractivity contribution is 0.108. The summed E-state index contributed by atoms with van der Waals surface area (Å²) in [4.78, 5) is 9.01. The van der Waals surface area contributed by atoms with E-state index in [9.17, 15) is 0 Å². The van der Waals surface area contributed by atoms with Gasteiger partial charge in [0.1, 0.15) is 6.10 Å². The SMILES string of the molecule is Cc1cc(/C(N)=C/C=Nc2ccccc2)nc2cc(C3CCCO3)nn12. The van der Waals surface area contributed by atoms with Crippen molar-refractivity contribution < 1.29 is 4.74 Å². The van der Waals surface area contributed by atoms with E-state index in [1.165, 1.54) is 0 Å². The maximum atomic E-state index is 6.20. The average Bonchev–Trinajstić information content (AvgIpc) is 3.32. The molecule has 26 heavy (non-hydrogen) atoms. The summed E-state index contributed by atoms with van der Waals surface area (Å²) < 4.78 is 7.56. The Morgan fingerprint density at radius 2 is 2.15 bits per heavy atom. The van der Waals surface area contributed by atoms with Gasteiger partial charge in [-0.05, 0) is 44.0 Å². The van der Waals surface area contributed by atoms with Gasteiger partial charge in [0.15, 0.2) is 5.65 Å². The van der Waals surface area contributed by atoms with Gasteiger partial charge in [-0.25, -0.2) is 9.50 Å². The fourth-order valence-corrected chi connectivity index (χ4v) is 3.06. The molecule has 0 radical (unpaired) electrons. The number of ether oxygens (including phenoxy) is 1. The number of aryl methyl sites for hydroxylation is 1. The highest BCUT2D eigenvalue weighted by molar-refractivity contribution is 5.84. The topological polar surface area (TPSA) is 77.8 Å². The maximum Gasteiger partial charge on any atom is 0.156 e. The van der Waals surface area contributed by atoms with Crippen molar-refractivity contribution in [2.45, 2.75) is 25.9 Å². The van der Waals surface area contributed by atoms with E-state index in [-0.39, 0.29) is 6.10 Å². The zero-order chi connectivity index (χ0) is 17.9. The molecule has 1 saturated heterocycles. The maximum absolute atomic E-state index is 6.20. The zero-order valence-corrected chi connectivity index (χ0v) is 14.7. The number of para-hydroxylation sites is 1. The van der Waals surface area contributed by atoms with Crippen LogP contribution < -0.4 is 5.73 Å². The molecule has 3 heterocycles. The van der Waals surface area contributed by atoms with Crippen LogP contribution in [0.5, 0.6) is 0 Å². The first-order chi connectivity index (χ1) is 12.7. The quantitative estimate of drug-likeness (QED) is 0.732. The van der Waals surface area contributed by atoms with Gasteiger partial charge in [0.25, 0.3) is 0 Å². The Morgan fingerprint density at radius 1 is 1.31 bits per heavy atom. The number of allylic oxidation sites excluding steroid dienone is 1. The van der Waals surface area contributed by atoms with Gasteiger partial charge in [-0.1, -0.05) is 18.2 Å². The van der Waals surface area contributed by atoms with Gasteiger partial charge in [0.05, 0.1) is 22.8 Å². The Morgan fingerprint density at radius 3 is 2.92 bits per heavy atom. The molecule has 0 amide bonds. The van der Waals surface area contributed by atoms with Crippen molar-refractivity contribution in [2.24, 2.45) is 10.7 Å². The Labute approximate surface area is 152 Å². The number of rotatable bonds is 4. The van der Waals surface area contributed by atoms with Gasteiger partial charge in [0, 0.05) is 24.6 Å². The molecule has 2 aromatic heterocycles. The van der Waals surface area contributed by atoms with Crippen LogP contribution in [0.4, 0.5) is 5.69 Å². The molecule has 1 unspecified atom stereocenters. The molecule has 2 N–H and O–H groups in total. The molecule has 6 nitrogen and oxygen atoms in total. The number of hydrogen-bond donors (Lipinski definition) is 1. The summed E-state index contributed by atoms with van der Waals surface area (Å²) >= 11 is 0. The van der Waals surface area contributed by atoms with E-state index in [0.717, 1.165) is 42.2 Å². The lowest BCUT2D eigenvalue weighted by Crippen LogP contribution is -2.04. The first-order valence-corrected chi connectivity index (χ1v) is 8.75. The van der Waals surface area contributed by atoms with Crippen molar-refractivity contribution in [1.29, 1.82) is 0 Å². The smallest absolute Gasteiger partial charge is 0.156 e. The second kappa shape index (κ2) is 7.09. The summed E-state index contributed by atoms with van der Waals surface area (Å²) in [6.45, 7) is 2.79. The molecule has 0 bridgehead atoms. The van der Waals surface area contributed by atoms with E-state index in [0.29, 0.717) is 11.4 Å². The molecule has 4 rings (SSSR count). The summed E-state index contributed by atoms with van der Waals surface area (Å²) in [5.41, 5.74) is 11.1. The molecule has 3 aromatic rings. The molecule has 0 saturated carbocycles. The van der Waals surface area contributed by atoms with Crippen LogP contribution in [0.1, 0.15) is 36.0 Å². The van der Waals surface area contributed by atoms with Crippen LogP contribution in [0.25, 0.3) is 11.3 Å². The third-order valence-electron chi connectivity index (χ3n) is 4.41. The molecule has 1 aliphatic rings. The largest absolute Gasteiger partial charge is 0.397 e. The lowest BCUT2D eigenvalue weighted by atomic mass is 10.2. The van der Waals surface area contributed by atoms with Gasteiger partial charge >= 0.3 is 0 Å². The van der Waals surface area contributed by atoms with Crippen molar-refractivity contribution in [2.75, 3.05) is 6.61 Å². The highest BCUT2D eigenvalue weighted by Crippen LogP contribution is 2.28. The fourth-order valence-electron chi connectivity index (χ4n) is 3.06. The van der Waals surface area contributed by atoms with Gasteiger partial charge in [-0.15, -0.1) is 0 Å². The first kappa shape index (κ1) is 16.5. The highest BCUT2D eigenvalue weighted by atomic mass is 16.5. The van der Waals surface area contributed by atoms with Gasteiger partial charge < -0.3 is 10.5 Å². The van der Waals surface area contributed by atoms with Crippen molar-refractivity contribution in [3.63, 3.8) is 0 Å². The number of aliphatic imine (C=N–C) groups is 1. The summed E-state index contributed by atoms with van der Waals surface area (Å²) in [7, 11) is 0. The van der Waals surface area contributed by atoms with Crippen molar-refractivity contribution in [3.05, 3.63) is 65.6 Å². The minimum Gasteiger partial charge on any atom is -0.397 e. The summed E-state index contributed by atoms with van der Waals surface area (Å²) in [5, 5.41) is 4.64. The van der Waals surface area contributed by atoms with E-state index in [4.69, 9.17) is 10.5 Å². The van der Waals surface area contributed by atoms with E-state index >= 15 is 0 Å². The molecule has 0 aliphatic carbocycles. The van der Waals surface area contributed by atoms with E-state index in [2.05, 4.69) is 15.1 Å². The molecule has 132 valence electrons. The summed E-state index contributed by atoms with van der Waals surface area (Å²) in [6, 6.07) is 13.6. The Bertz CT molecular complexity index is 969. The third-order valence-corrected chi connectivity index (χ3v) is 4.41. The standard InChI is InChI=1S/C20H21N5O/c1-14-12-17(16(21)9-10-22-15-6-3-2-4-7-15)23-20-13-18(24-25(14)20)19-8-5-11-26-19/h2-4,6-7,9-10,12-13,19H,5,8,11,21H2,1H3/b16-9-,22-10?. The van der Waals surface area contributed by atoms with Crippen LogP contribution in [0.15, 0.2) is 53.5 Å². The van der Waals surface area contributed by atoms with E-state index < -0.39 is 0 Å². The predicted octanol–water partition coefficient (Wildman–Crippen LogP) is 3.59. The first-order valence-electron chi connectivity index (χ1n) is 8.75. The minimum atomic E-state index is 0.0745.